The number of ether oxygens (including phenoxy) is 1. The molecule has 1 aromatic heterocycles. The highest BCUT2D eigenvalue weighted by atomic mass is 32.2. The number of thiazole rings is 1. The van der Waals surface area contributed by atoms with Crippen molar-refractivity contribution in [1.82, 2.24) is 4.98 Å². The van der Waals surface area contributed by atoms with Crippen LogP contribution in [0.5, 0.6) is 0 Å². The highest BCUT2D eigenvalue weighted by Crippen LogP contribution is 2.18. The van der Waals surface area contributed by atoms with Gasteiger partial charge in [0.25, 0.3) is 5.91 Å². The lowest BCUT2D eigenvalue weighted by Crippen LogP contribution is -2.24. The number of hydrogen-bond acceptors (Lipinski definition) is 6. The van der Waals surface area contributed by atoms with Crippen LogP contribution in [0.1, 0.15) is 46.7 Å². The zero-order valence-corrected chi connectivity index (χ0v) is 17.5. The Kier molecular flexibility index (Phi) is 7.60. The second kappa shape index (κ2) is 8.83. The Balaban J connectivity index is 3.05. The number of nitrogens with zero attached hydrogens (tertiary/aromatic N) is 3. The lowest BCUT2D eigenvalue weighted by Gasteiger charge is -2.17. The molecule has 0 spiro atoms. The Hall–Kier alpha value is -1.65. The summed E-state index contributed by atoms with van der Waals surface area (Å²) in [7, 11) is -3.43. The van der Waals surface area contributed by atoms with Gasteiger partial charge < -0.3 is 4.74 Å². The molecule has 0 aliphatic heterocycles. The molecule has 8 nitrogen and oxygen atoms in total. The average Bonchev–Trinajstić information content (AvgIpc) is 2.88. The van der Waals surface area contributed by atoms with E-state index < -0.39 is 33.4 Å². The second-order valence-corrected chi connectivity index (χ2v) is 10.1. The SMILES string of the molecule is Cc1csc(S(N)(=O)=NC(=O)C(/C=N/C(=O)OC(C)(C)C)CC(C)C)n1. The van der Waals surface area contributed by atoms with Crippen LogP contribution in [0.25, 0.3) is 0 Å². The third-order valence-electron chi connectivity index (χ3n) is 2.87. The Labute approximate surface area is 158 Å². The lowest BCUT2D eigenvalue weighted by molar-refractivity contribution is -0.119. The fraction of sp³-hybridized carbons (Fsp3) is 0.625. The van der Waals surface area contributed by atoms with Crippen LogP contribution >= 0.6 is 11.3 Å². The van der Waals surface area contributed by atoms with Crippen LogP contribution in [-0.4, -0.2) is 33.0 Å². The van der Waals surface area contributed by atoms with E-state index in [4.69, 9.17) is 9.88 Å². The summed E-state index contributed by atoms with van der Waals surface area (Å²) >= 11 is 1.08. The van der Waals surface area contributed by atoms with E-state index in [1.165, 1.54) is 6.21 Å². The smallest absolute Gasteiger partial charge is 0.433 e. The zero-order chi connectivity index (χ0) is 20.1. The summed E-state index contributed by atoms with van der Waals surface area (Å²) in [6, 6.07) is 0. The van der Waals surface area contributed by atoms with Crippen molar-refractivity contribution in [3.8, 4) is 0 Å². The van der Waals surface area contributed by atoms with Crippen LogP contribution in [0.3, 0.4) is 0 Å². The fourth-order valence-corrected chi connectivity index (χ4v) is 3.96. The van der Waals surface area contributed by atoms with Crippen LogP contribution in [0, 0.1) is 18.8 Å². The maximum atomic E-state index is 12.5. The molecule has 2 amide bonds. The number of carbonyl (C=O) groups excluding carboxylic acids is 2. The van der Waals surface area contributed by atoms with Crippen molar-refractivity contribution in [2.75, 3.05) is 0 Å². The molecule has 0 bridgehead atoms. The Morgan fingerprint density at radius 1 is 1.42 bits per heavy atom. The highest BCUT2D eigenvalue weighted by molar-refractivity contribution is 7.93. The number of aromatic nitrogens is 1. The lowest BCUT2D eigenvalue weighted by atomic mass is 9.98. The minimum Gasteiger partial charge on any atom is -0.442 e. The van der Waals surface area contributed by atoms with Gasteiger partial charge in [0.2, 0.25) is 4.34 Å². The number of rotatable bonds is 5. The summed E-state index contributed by atoms with van der Waals surface area (Å²) in [6.07, 6.45) is 0.756. The monoisotopic (exact) mass is 402 g/mol. The fourth-order valence-electron chi connectivity index (χ4n) is 1.88. The predicted molar refractivity (Wildman–Crippen MR) is 103 cm³/mol. The Morgan fingerprint density at radius 3 is 2.50 bits per heavy atom. The van der Waals surface area contributed by atoms with E-state index in [-0.39, 0.29) is 10.3 Å². The van der Waals surface area contributed by atoms with Crippen molar-refractivity contribution in [2.45, 2.75) is 57.9 Å². The number of carbonyl (C=O) groups is 2. The molecule has 10 heteroatoms. The molecule has 0 saturated carbocycles. The first-order valence-electron chi connectivity index (χ1n) is 8.08. The number of amides is 2. The van der Waals surface area contributed by atoms with E-state index in [0.29, 0.717) is 12.1 Å². The maximum absolute atomic E-state index is 12.5. The number of hydrogen-bond donors (Lipinski definition) is 1. The summed E-state index contributed by atoms with van der Waals surface area (Å²) in [5, 5.41) is 7.39. The summed E-state index contributed by atoms with van der Waals surface area (Å²) in [5.74, 6) is -1.40. The van der Waals surface area contributed by atoms with Gasteiger partial charge in [0, 0.05) is 17.3 Å². The summed E-state index contributed by atoms with van der Waals surface area (Å²) in [6.45, 7) is 10.7. The zero-order valence-electron chi connectivity index (χ0n) is 15.9. The molecule has 0 saturated heterocycles. The first kappa shape index (κ1) is 22.4. The number of nitrogens with two attached hydrogens (primary N) is 1. The van der Waals surface area contributed by atoms with E-state index >= 15 is 0 Å². The second-order valence-electron chi connectivity index (χ2n) is 7.25. The van der Waals surface area contributed by atoms with Gasteiger partial charge in [0.15, 0.2) is 9.92 Å². The van der Waals surface area contributed by atoms with Crippen molar-refractivity contribution < 1.29 is 18.5 Å². The molecule has 0 aromatic carbocycles. The molecule has 0 aliphatic carbocycles. The molecule has 1 heterocycles. The van der Waals surface area contributed by atoms with Crippen LogP contribution in [0.4, 0.5) is 4.79 Å². The Morgan fingerprint density at radius 2 is 2.04 bits per heavy atom. The summed E-state index contributed by atoms with van der Waals surface area (Å²) < 4.78 is 21.4. The molecule has 2 atom stereocenters. The van der Waals surface area contributed by atoms with Gasteiger partial charge in [0.1, 0.15) is 5.60 Å². The van der Waals surface area contributed by atoms with Crippen molar-refractivity contribution in [3.63, 3.8) is 0 Å². The van der Waals surface area contributed by atoms with Crippen LogP contribution < -0.4 is 5.14 Å². The van der Waals surface area contributed by atoms with Crippen LogP contribution in [0.15, 0.2) is 19.1 Å². The van der Waals surface area contributed by atoms with Crippen molar-refractivity contribution >= 4 is 39.5 Å². The van der Waals surface area contributed by atoms with Crippen LogP contribution in [-0.2, 0) is 19.4 Å². The van der Waals surface area contributed by atoms with Gasteiger partial charge in [-0.05, 0) is 40.0 Å². The van der Waals surface area contributed by atoms with E-state index in [0.717, 1.165) is 11.3 Å². The molecule has 0 fully saturated rings. The van der Waals surface area contributed by atoms with E-state index in [1.807, 2.05) is 13.8 Å². The third kappa shape index (κ3) is 7.71. The normalized spacial score (nSPS) is 15.7. The maximum Gasteiger partial charge on any atom is 0.433 e. The number of aliphatic imine (C=N–C) groups is 1. The van der Waals surface area contributed by atoms with Gasteiger partial charge in [0.05, 0.1) is 5.92 Å². The molecule has 0 radical (unpaired) electrons. The van der Waals surface area contributed by atoms with Gasteiger partial charge in [-0.25, -0.2) is 19.1 Å². The average molecular weight is 403 g/mol. The topological polar surface area (TPSA) is 124 Å². The first-order valence-corrected chi connectivity index (χ1v) is 10.5. The molecule has 1 rings (SSSR count). The molecule has 0 aliphatic rings. The van der Waals surface area contributed by atoms with E-state index in [9.17, 15) is 13.8 Å². The Bertz CT molecular complexity index is 799. The number of aryl methyl sites for hydroxylation is 1. The standard InChI is InChI=1S/C16H26N4O4S2/c1-10(2)7-12(8-18-14(22)24-16(4,5)6)13(21)20-26(17,23)15-19-11(3)9-25-15/h8-10,12H,7H2,1-6H3,(H2,17,20,21,23)/b18-8+. The summed E-state index contributed by atoms with van der Waals surface area (Å²) in [4.78, 5) is 31.9. The van der Waals surface area contributed by atoms with Crippen molar-refractivity contribution in [3.05, 3.63) is 11.1 Å². The molecule has 2 N–H and O–H groups in total. The first-order chi connectivity index (χ1) is 11.8. The molecule has 26 heavy (non-hydrogen) atoms. The predicted octanol–water partition coefficient (Wildman–Crippen LogP) is 3.35. The highest BCUT2D eigenvalue weighted by Gasteiger charge is 2.23. The van der Waals surface area contributed by atoms with Crippen molar-refractivity contribution in [2.24, 2.45) is 26.3 Å². The van der Waals surface area contributed by atoms with Crippen LogP contribution in [0.2, 0.25) is 0 Å². The van der Waals surface area contributed by atoms with E-state index in [1.54, 1.807) is 33.1 Å². The molecular weight excluding hydrogens is 376 g/mol. The largest absolute Gasteiger partial charge is 0.442 e. The molecule has 146 valence electrons. The quantitative estimate of drug-likeness (QED) is 0.756. The van der Waals surface area contributed by atoms with Gasteiger partial charge in [-0.2, -0.15) is 4.99 Å². The summed E-state index contributed by atoms with van der Waals surface area (Å²) in [5.41, 5.74) is -0.0407. The van der Waals surface area contributed by atoms with Gasteiger partial charge >= 0.3 is 6.09 Å². The molecule has 1 aromatic rings. The third-order valence-corrected chi connectivity index (χ3v) is 5.67. The van der Waals surface area contributed by atoms with Gasteiger partial charge in [-0.1, -0.05) is 13.8 Å². The molecule has 2 unspecified atom stereocenters. The molecular formula is C16H26N4O4S2. The minimum absolute atomic E-state index is 0.0933. The van der Waals surface area contributed by atoms with Gasteiger partial charge in [-0.3, -0.25) is 4.79 Å². The van der Waals surface area contributed by atoms with Crippen molar-refractivity contribution in [1.29, 1.82) is 0 Å². The minimum atomic E-state index is -3.43. The van der Waals surface area contributed by atoms with E-state index in [2.05, 4.69) is 14.3 Å². The van der Waals surface area contributed by atoms with Gasteiger partial charge in [-0.15, -0.1) is 15.7 Å².